The maximum absolute atomic E-state index is 5.89. The first-order valence-electron chi connectivity index (χ1n) is 7.25. The monoisotopic (exact) mass is 259 g/mol. The second kappa shape index (κ2) is 6.60. The van der Waals surface area contributed by atoms with Crippen LogP contribution in [-0.2, 0) is 0 Å². The number of benzene rings is 1. The van der Waals surface area contributed by atoms with Crippen LogP contribution in [0.2, 0.25) is 0 Å². The van der Waals surface area contributed by atoms with Crippen LogP contribution in [0, 0.1) is 12.8 Å². The van der Waals surface area contributed by atoms with Gasteiger partial charge in [0.1, 0.15) is 0 Å². The smallest absolute Gasteiger partial charge is 0.188 e. The highest BCUT2D eigenvalue weighted by Gasteiger charge is 2.16. The molecule has 1 unspecified atom stereocenters. The molecule has 3 nitrogen and oxygen atoms in total. The molecule has 0 heterocycles. The lowest BCUT2D eigenvalue weighted by atomic mass is 9.85. The van der Waals surface area contributed by atoms with Crippen LogP contribution in [0.25, 0.3) is 0 Å². The molecule has 1 aliphatic rings. The van der Waals surface area contributed by atoms with E-state index in [1.807, 2.05) is 0 Å². The van der Waals surface area contributed by atoms with Gasteiger partial charge >= 0.3 is 0 Å². The van der Waals surface area contributed by atoms with Gasteiger partial charge < -0.3 is 11.1 Å². The predicted molar refractivity (Wildman–Crippen MR) is 81.4 cm³/mol. The van der Waals surface area contributed by atoms with Crippen molar-refractivity contribution in [2.75, 3.05) is 13.1 Å². The van der Waals surface area contributed by atoms with Crippen molar-refractivity contribution in [1.29, 1.82) is 0 Å². The zero-order valence-corrected chi connectivity index (χ0v) is 12.0. The molecular formula is C16H25N3. The SMILES string of the molecule is Cc1ccc(C(C)CN=C(N)NCC2CCC2)cc1. The van der Waals surface area contributed by atoms with Crippen LogP contribution in [0.15, 0.2) is 29.3 Å². The zero-order chi connectivity index (χ0) is 13.7. The molecule has 0 amide bonds. The van der Waals surface area contributed by atoms with E-state index in [0.29, 0.717) is 11.9 Å². The number of nitrogens with one attached hydrogen (secondary N) is 1. The molecule has 0 aliphatic heterocycles. The number of hydrogen-bond acceptors (Lipinski definition) is 1. The first kappa shape index (κ1) is 13.9. The third-order valence-corrected chi connectivity index (χ3v) is 3.98. The van der Waals surface area contributed by atoms with Gasteiger partial charge in [0.2, 0.25) is 0 Å². The van der Waals surface area contributed by atoms with Crippen molar-refractivity contribution in [2.24, 2.45) is 16.6 Å². The Morgan fingerprint density at radius 2 is 2.05 bits per heavy atom. The number of nitrogens with two attached hydrogens (primary N) is 1. The first-order chi connectivity index (χ1) is 9.15. The molecular weight excluding hydrogens is 234 g/mol. The Hall–Kier alpha value is -1.51. The van der Waals surface area contributed by atoms with Crippen LogP contribution in [0.1, 0.15) is 43.2 Å². The molecule has 2 rings (SSSR count). The van der Waals surface area contributed by atoms with Crippen molar-refractivity contribution in [2.45, 2.75) is 39.0 Å². The van der Waals surface area contributed by atoms with Crippen molar-refractivity contribution in [3.63, 3.8) is 0 Å². The highest BCUT2D eigenvalue weighted by molar-refractivity contribution is 5.77. The summed E-state index contributed by atoms with van der Waals surface area (Å²) < 4.78 is 0. The number of aryl methyl sites for hydroxylation is 1. The molecule has 1 atom stereocenters. The van der Waals surface area contributed by atoms with Crippen LogP contribution in [0.4, 0.5) is 0 Å². The normalized spacial score (nSPS) is 17.9. The summed E-state index contributed by atoms with van der Waals surface area (Å²) in [7, 11) is 0. The summed E-state index contributed by atoms with van der Waals surface area (Å²) in [5.74, 6) is 1.80. The average Bonchev–Trinajstić information content (AvgIpc) is 2.35. The largest absolute Gasteiger partial charge is 0.370 e. The molecule has 1 aliphatic carbocycles. The van der Waals surface area contributed by atoms with Gasteiger partial charge in [0, 0.05) is 19.0 Å². The van der Waals surface area contributed by atoms with Gasteiger partial charge in [-0.15, -0.1) is 0 Å². The van der Waals surface area contributed by atoms with Crippen molar-refractivity contribution in [3.8, 4) is 0 Å². The fraction of sp³-hybridized carbons (Fsp3) is 0.562. The van der Waals surface area contributed by atoms with Crippen molar-refractivity contribution in [3.05, 3.63) is 35.4 Å². The van der Waals surface area contributed by atoms with E-state index in [2.05, 4.69) is 48.4 Å². The van der Waals surface area contributed by atoms with E-state index < -0.39 is 0 Å². The summed E-state index contributed by atoms with van der Waals surface area (Å²) >= 11 is 0. The van der Waals surface area contributed by atoms with Gasteiger partial charge in [-0.3, -0.25) is 4.99 Å². The van der Waals surface area contributed by atoms with Crippen LogP contribution in [-0.4, -0.2) is 19.0 Å². The number of rotatable bonds is 5. The van der Waals surface area contributed by atoms with E-state index in [1.165, 1.54) is 30.4 Å². The molecule has 3 N–H and O–H groups in total. The Morgan fingerprint density at radius 3 is 2.63 bits per heavy atom. The summed E-state index contributed by atoms with van der Waals surface area (Å²) in [6, 6.07) is 8.64. The lowest BCUT2D eigenvalue weighted by molar-refractivity contribution is 0.315. The molecule has 0 bridgehead atoms. The van der Waals surface area contributed by atoms with Crippen molar-refractivity contribution < 1.29 is 0 Å². The molecule has 0 aromatic heterocycles. The highest BCUT2D eigenvalue weighted by Crippen LogP contribution is 2.25. The molecule has 0 saturated heterocycles. The molecule has 104 valence electrons. The van der Waals surface area contributed by atoms with E-state index in [1.54, 1.807) is 0 Å². The second-order valence-electron chi connectivity index (χ2n) is 5.72. The predicted octanol–water partition coefficient (Wildman–Crippen LogP) is 2.80. The number of aliphatic imine (C=N–C) groups is 1. The topological polar surface area (TPSA) is 50.4 Å². The van der Waals surface area contributed by atoms with Gasteiger partial charge in [-0.25, -0.2) is 0 Å². The minimum Gasteiger partial charge on any atom is -0.370 e. The molecule has 0 spiro atoms. The van der Waals surface area contributed by atoms with Gasteiger partial charge in [-0.1, -0.05) is 43.2 Å². The molecule has 1 aromatic carbocycles. The summed E-state index contributed by atoms with van der Waals surface area (Å²) in [5.41, 5.74) is 8.50. The minimum atomic E-state index is 0.407. The molecule has 0 radical (unpaired) electrons. The van der Waals surface area contributed by atoms with E-state index in [-0.39, 0.29) is 0 Å². The second-order valence-corrected chi connectivity index (χ2v) is 5.72. The van der Waals surface area contributed by atoms with E-state index >= 15 is 0 Å². The summed E-state index contributed by atoms with van der Waals surface area (Å²) in [4.78, 5) is 4.44. The molecule has 1 fully saturated rings. The van der Waals surface area contributed by atoms with Gasteiger partial charge in [0.05, 0.1) is 0 Å². The molecule has 19 heavy (non-hydrogen) atoms. The van der Waals surface area contributed by atoms with E-state index in [9.17, 15) is 0 Å². The third kappa shape index (κ3) is 4.27. The molecule has 1 aromatic rings. The van der Waals surface area contributed by atoms with Gasteiger partial charge in [0.15, 0.2) is 5.96 Å². The van der Waals surface area contributed by atoms with E-state index in [0.717, 1.165) is 19.0 Å². The van der Waals surface area contributed by atoms with Crippen molar-refractivity contribution in [1.82, 2.24) is 5.32 Å². The number of hydrogen-bond donors (Lipinski definition) is 2. The van der Waals surface area contributed by atoms with Gasteiger partial charge in [-0.05, 0) is 31.2 Å². The Bertz CT molecular complexity index is 418. The Morgan fingerprint density at radius 1 is 1.37 bits per heavy atom. The molecule has 1 saturated carbocycles. The fourth-order valence-corrected chi connectivity index (χ4v) is 2.24. The summed E-state index contributed by atoms with van der Waals surface area (Å²) in [6.45, 7) is 6.02. The standard InChI is InChI=1S/C16H25N3/c1-12-6-8-15(9-7-12)13(2)10-18-16(17)19-11-14-4-3-5-14/h6-9,13-14H,3-5,10-11H2,1-2H3,(H3,17,18,19). The lowest BCUT2D eigenvalue weighted by Crippen LogP contribution is -2.37. The summed E-state index contributed by atoms with van der Waals surface area (Å²) in [5, 5.41) is 3.23. The maximum atomic E-state index is 5.89. The van der Waals surface area contributed by atoms with Gasteiger partial charge in [-0.2, -0.15) is 0 Å². The minimum absolute atomic E-state index is 0.407. The van der Waals surface area contributed by atoms with Crippen LogP contribution in [0.5, 0.6) is 0 Å². The molecule has 3 heteroatoms. The lowest BCUT2D eigenvalue weighted by Gasteiger charge is -2.25. The van der Waals surface area contributed by atoms with Gasteiger partial charge in [0.25, 0.3) is 0 Å². The Balaban J connectivity index is 1.77. The van der Waals surface area contributed by atoms with Crippen LogP contribution >= 0.6 is 0 Å². The number of nitrogens with zero attached hydrogens (tertiary/aromatic N) is 1. The number of guanidine groups is 1. The average molecular weight is 259 g/mol. The van der Waals surface area contributed by atoms with Crippen molar-refractivity contribution >= 4 is 5.96 Å². The summed E-state index contributed by atoms with van der Waals surface area (Å²) in [6.07, 6.45) is 4.04. The van der Waals surface area contributed by atoms with Crippen LogP contribution in [0.3, 0.4) is 0 Å². The quantitative estimate of drug-likeness (QED) is 0.631. The first-order valence-corrected chi connectivity index (χ1v) is 7.25. The fourth-order valence-electron chi connectivity index (χ4n) is 2.24. The van der Waals surface area contributed by atoms with Crippen LogP contribution < -0.4 is 11.1 Å². The Kier molecular flexibility index (Phi) is 4.83. The zero-order valence-electron chi connectivity index (χ0n) is 12.0. The third-order valence-electron chi connectivity index (χ3n) is 3.98. The highest BCUT2D eigenvalue weighted by atomic mass is 15.1. The Labute approximate surface area is 116 Å². The van der Waals surface area contributed by atoms with E-state index in [4.69, 9.17) is 5.73 Å². The maximum Gasteiger partial charge on any atom is 0.188 e.